The molecule has 7 rings (SSSR count). The number of urea groups is 2. The molecule has 1 aromatic heterocycles. The lowest BCUT2D eigenvalue weighted by atomic mass is 9.93. The normalized spacial score (nSPS) is 19.1. The summed E-state index contributed by atoms with van der Waals surface area (Å²) in [7, 11) is 0. The quantitative estimate of drug-likeness (QED) is 0.266. The maximum Gasteiger partial charge on any atom is 0.416 e. The van der Waals surface area contributed by atoms with E-state index < -0.39 is 17.8 Å². The number of carbonyl (C=O) groups excluding carboxylic acids is 3. The van der Waals surface area contributed by atoms with E-state index >= 15 is 0 Å². The fourth-order valence-corrected chi connectivity index (χ4v) is 6.88. The first-order valence-corrected chi connectivity index (χ1v) is 15.7. The van der Waals surface area contributed by atoms with E-state index in [1.807, 2.05) is 41.3 Å². The molecule has 3 aliphatic heterocycles. The van der Waals surface area contributed by atoms with Crippen LogP contribution < -0.4 is 10.6 Å². The van der Waals surface area contributed by atoms with Gasteiger partial charge in [0, 0.05) is 49.8 Å². The van der Waals surface area contributed by atoms with E-state index in [0.717, 1.165) is 45.4 Å². The highest BCUT2D eigenvalue weighted by Gasteiger charge is 2.35. The van der Waals surface area contributed by atoms with Gasteiger partial charge in [-0.3, -0.25) is 9.89 Å². The van der Waals surface area contributed by atoms with Crippen LogP contribution in [0.4, 0.5) is 28.4 Å². The van der Waals surface area contributed by atoms with Gasteiger partial charge in [0.05, 0.1) is 17.3 Å². The Labute approximate surface area is 268 Å². The molecule has 244 valence electrons. The summed E-state index contributed by atoms with van der Waals surface area (Å²) in [6.07, 6.45) is -0.628. The number of nitrogens with zero attached hydrogens (tertiary/aromatic N) is 4. The first-order chi connectivity index (χ1) is 22.6. The Bertz CT molecular complexity index is 1820. The molecule has 1 saturated heterocycles. The molecule has 47 heavy (non-hydrogen) atoms. The Morgan fingerprint density at radius 2 is 1.70 bits per heavy atom. The Morgan fingerprint density at radius 3 is 2.47 bits per heavy atom. The van der Waals surface area contributed by atoms with Gasteiger partial charge in [0.15, 0.2) is 0 Å². The van der Waals surface area contributed by atoms with E-state index in [9.17, 15) is 27.6 Å². The SMILES string of the molecule is O=C(N[C@@H]1CCc2ccc3[nH]ncc3c2CN(Cc2ccc(C(F)(F)F)cc2)C1=O)N1CCC(N2Cc3ccccc3NC2=O)CC1. The second kappa shape index (κ2) is 12.3. The van der Waals surface area contributed by atoms with Gasteiger partial charge in [0.2, 0.25) is 5.91 Å². The fourth-order valence-electron chi connectivity index (χ4n) is 6.88. The molecule has 5 amide bonds. The molecule has 4 aromatic rings. The summed E-state index contributed by atoms with van der Waals surface area (Å²) in [5.74, 6) is -0.303. The highest BCUT2D eigenvalue weighted by molar-refractivity contribution is 5.92. The van der Waals surface area contributed by atoms with Crippen LogP contribution in [0, 0.1) is 0 Å². The number of benzene rings is 3. The first kappa shape index (κ1) is 30.6. The Morgan fingerprint density at radius 1 is 0.936 bits per heavy atom. The van der Waals surface area contributed by atoms with Gasteiger partial charge in [0.1, 0.15) is 6.04 Å². The fraction of sp³-hybridized carbons (Fsp3) is 0.353. The summed E-state index contributed by atoms with van der Waals surface area (Å²) in [5.41, 5.74) is 4.42. The number of anilines is 1. The second-order valence-corrected chi connectivity index (χ2v) is 12.4. The number of rotatable bonds is 4. The van der Waals surface area contributed by atoms with Gasteiger partial charge in [-0.2, -0.15) is 18.3 Å². The number of hydrogen-bond acceptors (Lipinski definition) is 4. The lowest BCUT2D eigenvalue weighted by molar-refractivity contribution is -0.138. The van der Waals surface area contributed by atoms with Crippen molar-refractivity contribution in [2.24, 2.45) is 0 Å². The van der Waals surface area contributed by atoms with Crippen molar-refractivity contribution in [3.8, 4) is 0 Å². The van der Waals surface area contributed by atoms with Gasteiger partial charge < -0.3 is 25.3 Å². The average molecular weight is 646 g/mol. The van der Waals surface area contributed by atoms with Gasteiger partial charge in [-0.15, -0.1) is 0 Å². The van der Waals surface area contributed by atoms with Crippen molar-refractivity contribution < 1.29 is 27.6 Å². The van der Waals surface area contributed by atoms with Gasteiger partial charge in [0.25, 0.3) is 0 Å². The molecule has 3 aliphatic rings. The number of amides is 5. The summed E-state index contributed by atoms with van der Waals surface area (Å²) < 4.78 is 39.6. The van der Waals surface area contributed by atoms with Crippen LogP contribution >= 0.6 is 0 Å². The van der Waals surface area contributed by atoms with Crippen molar-refractivity contribution in [2.75, 3.05) is 18.4 Å². The topological polar surface area (TPSA) is 114 Å². The summed E-state index contributed by atoms with van der Waals surface area (Å²) >= 11 is 0. The van der Waals surface area contributed by atoms with Crippen LogP contribution in [0.25, 0.3) is 10.9 Å². The maximum atomic E-state index is 14.1. The van der Waals surface area contributed by atoms with Crippen LogP contribution in [0.15, 0.2) is 66.9 Å². The number of likely N-dealkylation sites (tertiary alicyclic amines) is 1. The van der Waals surface area contributed by atoms with Crippen molar-refractivity contribution in [1.82, 2.24) is 30.2 Å². The van der Waals surface area contributed by atoms with E-state index in [4.69, 9.17) is 0 Å². The number of aromatic nitrogens is 2. The molecular weight excluding hydrogens is 611 g/mol. The monoisotopic (exact) mass is 645 g/mol. The minimum atomic E-state index is -4.46. The molecule has 0 saturated carbocycles. The summed E-state index contributed by atoms with van der Waals surface area (Å²) in [4.78, 5) is 45.5. The molecule has 1 atom stereocenters. The zero-order chi connectivity index (χ0) is 32.7. The van der Waals surface area contributed by atoms with Crippen molar-refractivity contribution >= 4 is 34.6 Å². The number of nitrogens with one attached hydrogen (secondary N) is 3. The van der Waals surface area contributed by atoms with Crippen LogP contribution in [0.5, 0.6) is 0 Å². The number of halogens is 3. The van der Waals surface area contributed by atoms with Gasteiger partial charge in [-0.25, -0.2) is 9.59 Å². The minimum Gasteiger partial charge on any atom is -0.332 e. The predicted molar refractivity (Wildman–Crippen MR) is 168 cm³/mol. The van der Waals surface area contributed by atoms with E-state index in [1.54, 1.807) is 16.0 Å². The number of alkyl halides is 3. The first-order valence-electron chi connectivity index (χ1n) is 15.7. The highest BCUT2D eigenvalue weighted by Crippen LogP contribution is 2.31. The summed E-state index contributed by atoms with van der Waals surface area (Å²) in [6.45, 7) is 1.66. The third-order valence-electron chi connectivity index (χ3n) is 9.50. The van der Waals surface area contributed by atoms with Crippen LogP contribution in [0.2, 0.25) is 0 Å². The van der Waals surface area contributed by atoms with Gasteiger partial charge in [-0.05, 0) is 72.2 Å². The molecule has 0 radical (unpaired) electrons. The van der Waals surface area contributed by atoms with Crippen molar-refractivity contribution in [3.05, 3.63) is 94.7 Å². The van der Waals surface area contributed by atoms with E-state index in [0.29, 0.717) is 50.9 Å². The highest BCUT2D eigenvalue weighted by atomic mass is 19.4. The van der Waals surface area contributed by atoms with Crippen LogP contribution in [-0.2, 0) is 37.0 Å². The number of hydrogen-bond donors (Lipinski definition) is 3. The van der Waals surface area contributed by atoms with Crippen LogP contribution in [-0.4, -0.2) is 68.0 Å². The number of fused-ring (bicyclic) bond motifs is 4. The molecule has 3 aromatic carbocycles. The van der Waals surface area contributed by atoms with Crippen molar-refractivity contribution in [3.63, 3.8) is 0 Å². The molecule has 0 bridgehead atoms. The Kier molecular flexibility index (Phi) is 7.98. The molecular formula is C34H34F3N7O3. The average Bonchev–Trinajstić information content (AvgIpc) is 3.55. The van der Waals surface area contributed by atoms with E-state index in [1.165, 1.54) is 12.1 Å². The Balaban J connectivity index is 1.06. The summed E-state index contributed by atoms with van der Waals surface area (Å²) in [5, 5.41) is 13.9. The third kappa shape index (κ3) is 6.21. The van der Waals surface area contributed by atoms with E-state index in [-0.39, 0.29) is 37.1 Å². The minimum absolute atomic E-state index is 0.0223. The molecule has 0 spiro atoms. The zero-order valence-electron chi connectivity index (χ0n) is 25.5. The lowest BCUT2D eigenvalue weighted by Gasteiger charge is -2.41. The van der Waals surface area contributed by atoms with Crippen molar-refractivity contribution in [2.45, 2.75) is 63.6 Å². The largest absolute Gasteiger partial charge is 0.416 e. The van der Waals surface area contributed by atoms with Crippen LogP contribution in [0.3, 0.4) is 0 Å². The Hall–Kier alpha value is -5.07. The van der Waals surface area contributed by atoms with Crippen molar-refractivity contribution in [1.29, 1.82) is 0 Å². The lowest BCUT2D eigenvalue weighted by Crippen LogP contribution is -2.56. The molecule has 1 fully saturated rings. The number of piperidine rings is 1. The molecule has 10 nitrogen and oxygen atoms in total. The predicted octanol–water partition coefficient (Wildman–Crippen LogP) is 5.65. The third-order valence-corrected chi connectivity index (χ3v) is 9.50. The number of para-hydroxylation sites is 1. The molecule has 0 unspecified atom stereocenters. The standard InChI is InChI=1S/C34H34F3N7O3/c35-34(36,37)24-9-5-21(6-10-24)18-43-20-27-22(7-11-29-26(27)17-38-41-29)8-12-30(31(43)45)40-32(46)42-15-13-25(14-16-42)44-19-23-3-1-2-4-28(23)39-33(44)47/h1-7,9-11,17,25,30H,8,12-16,18-20H2,(H,38,41)(H,39,47)(H,40,46)/t30-/m1/s1. The maximum absolute atomic E-state index is 14.1. The smallest absolute Gasteiger partial charge is 0.332 e. The van der Waals surface area contributed by atoms with E-state index in [2.05, 4.69) is 20.8 Å². The number of aromatic amines is 1. The molecule has 0 aliphatic carbocycles. The zero-order valence-corrected chi connectivity index (χ0v) is 25.5. The number of carbonyl (C=O) groups is 3. The number of aryl methyl sites for hydroxylation is 1. The molecule has 13 heteroatoms. The summed E-state index contributed by atoms with van der Waals surface area (Å²) in [6, 6.07) is 15.1. The molecule has 4 heterocycles. The molecule has 3 N–H and O–H groups in total. The van der Waals surface area contributed by atoms with Gasteiger partial charge >= 0.3 is 18.2 Å². The second-order valence-electron chi connectivity index (χ2n) is 12.4. The van der Waals surface area contributed by atoms with Crippen LogP contribution in [0.1, 0.15) is 47.1 Å². The number of H-pyrrole nitrogens is 1. The van der Waals surface area contributed by atoms with Gasteiger partial charge in [-0.1, -0.05) is 36.4 Å².